The standard InChI is InChI=1S/C15H19N5O2/c1-10(2)14(15-18-17-13-8-5-9-19(13)15)16-11-6-3-4-7-12(11)20(21)22/h3-4,6-7,10,14,16H,5,8-9H2,1-2H3. The van der Waals surface area contributed by atoms with Crippen LogP contribution in [0.5, 0.6) is 0 Å². The predicted octanol–water partition coefficient (Wildman–Crippen LogP) is 2.94. The van der Waals surface area contributed by atoms with Crippen molar-refractivity contribution >= 4 is 11.4 Å². The van der Waals surface area contributed by atoms with E-state index in [0.29, 0.717) is 5.69 Å². The SMILES string of the molecule is CC(C)C(Nc1ccccc1[N+](=O)[O-])c1nnc2n1CCC2. The molecule has 22 heavy (non-hydrogen) atoms. The lowest BCUT2D eigenvalue weighted by atomic mass is 10.0. The summed E-state index contributed by atoms with van der Waals surface area (Å²) >= 11 is 0. The first kappa shape index (κ1) is 14.5. The summed E-state index contributed by atoms with van der Waals surface area (Å²) in [4.78, 5) is 10.8. The van der Waals surface area contributed by atoms with Crippen molar-refractivity contribution in [3.63, 3.8) is 0 Å². The molecule has 2 heterocycles. The van der Waals surface area contributed by atoms with Crippen LogP contribution in [0.15, 0.2) is 24.3 Å². The number of rotatable bonds is 5. The summed E-state index contributed by atoms with van der Waals surface area (Å²) in [7, 11) is 0. The van der Waals surface area contributed by atoms with Gasteiger partial charge < -0.3 is 9.88 Å². The Bertz CT molecular complexity index is 695. The van der Waals surface area contributed by atoms with Gasteiger partial charge >= 0.3 is 0 Å². The molecule has 0 saturated carbocycles. The summed E-state index contributed by atoms with van der Waals surface area (Å²) < 4.78 is 2.13. The molecule has 1 unspecified atom stereocenters. The largest absolute Gasteiger partial charge is 0.369 e. The number of nitrogens with one attached hydrogen (secondary N) is 1. The van der Waals surface area contributed by atoms with Crippen LogP contribution in [0.25, 0.3) is 0 Å². The van der Waals surface area contributed by atoms with Gasteiger partial charge in [0.2, 0.25) is 0 Å². The van der Waals surface area contributed by atoms with E-state index in [-0.39, 0.29) is 22.6 Å². The summed E-state index contributed by atoms with van der Waals surface area (Å²) in [6.07, 6.45) is 2.03. The predicted molar refractivity (Wildman–Crippen MR) is 82.6 cm³/mol. The van der Waals surface area contributed by atoms with E-state index in [2.05, 4.69) is 33.9 Å². The molecule has 0 bridgehead atoms. The van der Waals surface area contributed by atoms with Gasteiger partial charge in [0.25, 0.3) is 5.69 Å². The zero-order chi connectivity index (χ0) is 15.7. The van der Waals surface area contributed by atoms with Gasteiger partial charge in [-0.1, -0.05) is 26.0 Å². The highest BCUT2D eigenvalue weighted by Gasteiger charge is 2.27. The van der Waals surface area contributed by atoms with E-state index >= 15 is 0 Å². The average molecular weight is 301 g/mol. The van der Waals surface area contributed by atoms with Crippen LogP contribution >= 0.6 is 0 Å². The number of nitro groups is 1. The van der Waals surface area contributed by atoms with Crippen molar-refractivity contribution in [2.45, 2.75) is 39.3 Å². The van der Waals surface area contributed by atoms with Crippen LogP contribution in [0.2, 0.25) is 0 Å². The number of aryl methyl sites for hydroxylation is 1. The average Bonchev–Trinajstić information content (AvgIpc) is 3.08. The van der Waals surface area contributed by atoms with Crippen molar-refractivity contribution < 1.29 is 4.92 Å². The molecule has 7 nitrogen and oxygen atoms in total. The van der Waals surface area contributed by atoms with Gasteiger partial charge in [-0.2, -0.15) is 0 Å². The van der Waals surface area contributed by atoms with Crippen molar-refractivity contribution in [3.8, 4) is 0 Å². The normalized spacial score (nSPS) is 14.9. The number of para-hydroxylation sites is 2. The number of nitro benzene ring substituents is 1. The Hall–Kier alpha value is -2.44. The van der Waals surface area contributed by atoms with Crippen LogP contribution in [0, 0.1) is 16.0 Å². The molecular formula is C15H19N5O2. The van der Waals surface area contributed by atoms with Crippen molar-refractivity contribution in [1.82, 2.24) is 14.8 Å². The van der Waals surface area contributed by atoms with Crippen LogP contribution in [-0.4, -0.2) is 19.7 Å². The second kappa shape index (κ2) is 5.75. The smallest absolute Gasteiger partial charge is 0.292 e. The molecule has 1 aromatic carbocycles. The highest BCUT2D eigenvalue weighted by atomic mass is 16.6. The summed E-state index contributed by atoms with van der Waals surface area (Å²) in [6.45, 7) is 5.06. The van der Waals surface area contributed by atoms with Gasteiger partial charge in [-0.05, 0) is 18.4 Å². The molecule has 2 aromatic rings. The minimum Gasteiger partial charge on any atom is -0.369 e. The molecule has 1 aromatic heterocycles. The van der Waals surface area contributed by atoms with Gasteiger partial charge in [-0.3, -0.25) is 10.1 Å². The third-order valence-electron chi connectivity index (χ3n) is 3.99. The molecule has 0 radical (unpaired) electrons. The molecule has 3 rings (SSSR count). The fourth-order valence-electron chi connectivity index (χ4n) is 2.85. The molecule has 116 valence electrons. The van der Waals surface area contributed by atoms with E-state index in [4.69, 9.17) is 0 Å². The lowest BCUT2D eigenvalue weighted by molar-refractivity contribution is -0.384. The number of anilines is 1. The minimum absolute atomic E-state index is 0.0781. The zero-order valence-corrected chi connectivity index (χ0v) is 12.7. The van der Waals surface area contributed by atoms with Crippen molar-refractivity contribution in [2.24, 2.45) is 5.92 Å². The van der Waals surface area contributed by atoms with Crippen LogP contribution < -0.4 is 5.32 Å². The second-order valence-electron chi connectivity index (χ2n) is 5.87. The maximum absolute atomic E-state index is 11.2. The minimum atomic E-state index is -0.367. The number of hydrogen-bond donors (Lipinski definition) is 1. The van der Waals surface area contributed by atoms with Gasteiger partial charge in [-0.15, -0.1) is 10.2 Å². The number of benzene rings is 1. The van der Waals surface area contributed by atoms with E-state index in [1.165, 1.54) is 6.07 Å². The Kier molecular flexibility index (Phi) is 3.79. The fraction of sp³-hybridized carbons (Fsp3) is 0.467. The third-order valence-corrected chi connectivity index (χ3v) is 3.99. The van der Waals surface area contributed by atoms with Gasteiger partial charge in [0, 0.05) is 19.0 Å². The Morgan fingerprint density at radius 3 is 2.82 bits per heavy atom. The van der Waals surface area contributed by atoms with Crippen LogP contribution in [0.1, 0.15) is 38.0 Å². The first-order valence-electron chi connectivity index (χ1n) is 7.50. The number of nitrogens with zero attached hydrogens (tertiary/aromatic N) is 4. The summed E-state index contributed by atoms with van der Waals surface area (Å²) in [5.41, 5.74) is 0.593. The molecular weight excluding hydrogens is 282 g/mol. The molecule has 1 aliphatic rings. The summed E-state index contributed by atoms with van der Waals surface area (Å²) in [5, 5.41) is 23.0. The van der Waals surface area contributed by atoms with E-state index < -0.39 is 0 Å². The molecule has 1 N–H and O–H groups in total. The van der Waals surface area contributed by atoms with Gasteiger partial charge in [-0.25, -0.2) is 0 Å². The fourth-order valence-corrected chi connectivity index (χ4v) is 2.85. The molecule has 0 fully saturated rings. The summed E-state index contributed by atoms with van der Waals surface area (Å²) in [6, 6.07) is 6.59. The van der Waals surface area contributed by atoms with Crippen molar-refractivity contribution in [2.75, 3.05) is 5.32 Å². The topological polar surface area (TPSA) is 85.9 Å². The number of fused-ring (bicyclic) bond motifs is 1. The monoisotopic (exact) mass is 301 g/mol. The first-order chi connectivity index (χ1) is 10.6. The van der Waals surface area contributed by atoms with Crippen LogP contribution in [0.3, 0.4) is 0 Å². The van der Waals surface area contributed by atoms with Crippen molar-refractivity contribution in [3.05, 3.63) is 46.0 Å². The lowest BCUT2D eigenvalue weighted by Crippen LogP contribution is -2.21. The number of aromatic nitrogens is 3. The Morgan fingerprint density at radius 2 is 2.09 bits per heavy atom. The molecule has 0 spiro atoms. The van der Waals surface area contributed by atoms with E-state index in [0.717, 1.165) is 31.0 Å². The zero-order valence-electron chi connectivity index (χ0n) is 12.7. The maximum atomic E-state index is 11.2. The van der Waals surface area contributed by atoms with Gasteiger partial charge in [0.15, 0.2) is 5.82 Å². The van der Waals surface area contributed by atoms with Crippen LogP contribution in [-0.2, 0) is 13.0 Å². The van der Waals surface area contributed by atoms with Crippen LogP contribution in [0.4, 0.5) is 11.4 Å². The molecule has 0 aliphatic carbocycles. The molecule has 0 saturated heterocycles. The molecule has 1 aliphatic heterocycles. The third kappa shape index (κ3) is 2.54. The molecule has 0 amide bonds. The van der Waals surface area contributed by atoms with E-state index in [9.17, 15) is 10.1 Å². The number of hydrogen-bond acceptors (Lipinski definition) is 5. The van der Waals surface area contributed by atoms with E-state index in [1.807, 2.05) is 0 Å². The van der Waals surface area contributed by atoms with Gasteiger partial charge in [0.1, 0.15) is 11.5 Å². The van der Waals surface area contributed by atoms with Gasteiger partial charge in [0.05, 0.1) is 11.0 Å². The second-order valence-corrected chi connectivity index (χ2v) is 5.87. The Labute approximate surface area is 128 Å². The van der Waals surface area contributed by atoms with E-state index in [1.54, 1.807) is 18.2 Å². The molecule has 7 heteroatoms. The first-order valence-corrected chi connectivity index (χ1v) is 7.50. The van der Waals surface area contributed by atoms with Crippen molar-refractivity contribution in [1.29, 1.82) is 0 Å². The highest BCUT2D eigenvalue weighted by Crippen LogP contribution is 2.32. The highest BCUT2D eigenvalue weighted by molar-refractivity contribution is 5.61. The molecule has 1 atom stereocenters. The maximum Gasteiger partial charge on any atom is 0.292 e. The Balaban J connectivity index is 1.95. The quantitative estimate of drug-likeness (QED) is 0.678. The Morgan fingerprint density at radius 1 is 1.32 bits per heavy atom. The lowest BCUT2D eigenvalue weighted by Gasteiger charge is -2.23. The summed E-state index contributed by atoms with van der Waals surface area (Å²) in [5.74, 6) is 2.10.